The summed E-state index contributed by atoms with van der Waals surface area (Å²) in [6.07, 6.45) is 2.90. The number of aryl methyl sites for hydroxylation is 3. The normalized spacial score (nSPS) is 10.8. The van der Waals surface area contributed by atoms with Crippen molar-refractivity contribution in [3.63, 3.8) is 0 Å². The summed E-state index contributed by atoms with van der Waals surface area (Å²) >= 11 is 0. The molecule has 0 amide bonds. The highest BCUT2D eigenvalue weighted by Crippen LogP contribution is 2.22. The quantitative estimate of drug-likeness (QED) is 0.617. The first-order chi connectivity index (χ1) is 12.5. The summed E-state index contributed by atoms with van der Waals surface area (Å²) in [6.45, 7) is 5.25. The highest BCUT2D eigenvalue weighted by atomic mass is 16.5. The maximum Gasteiger partial charge on any atom is 0.341 e. The van der Waals surface area contributed by atoms with Gasteiger partial charge in [-0.15, -0.1) is 0 Å². The molecule has 0 aliphatic rings. The Hall–Kier alpha value is -2.95. The van der Waals surface area contributed by atoms with Crippen LogP contribution in [0.1, 0.15) is 17.5 Å². The third kappa shape index (κ3) is 4.57. The molecule has 0 spiro atoms. The Labute approximate surface area is 152 Å². The fourth-order valence-corrected chi connectivity index (χ4v) is 3.03. The molecule has 0 fully saturated rings. The lowest BCUT2D eigenvalue weighted by molar-refractivity contribution is -0.139. The zero-order valence-electron chi connectivity index (χ0n) is 15.1. The van der Waals surface area contributed by atoms with Gasteiger partial charge in [0.1, 0.15) is 11.5 Å². The third-order valence-electron chi connectivity index (χ3n) is 4.11. The van der Waals surface area contributed by atoms with Crippen molar-refractivity contribution in [2.45, 2.75) is 26.8 Å². The van der Waals surface area contributed by atoms with E-state index < -0.39 is 5.97 Å². The van der Waals surface area contributed by atoms with Crippen LogP contribution in [0.2, 0.25) is 0 Å². The van der Waals surface area contributed by atoms with Gasteiger partial charge >= 0.3 is 5.97 Å². The van der Waals surface area contributed by atoms with Crippen LogP contribution in [0.25, 0.3) is 10.9 Å². The molecule has 0 bridgehead atoms. The van der Waals surface area contributed by atoms with Gasteiger partial charge in [0, 0.05) is 18.8 Å². The summed E-state index contributed by atoms with van der Waals surface area (Å²) in [5.41, 5.74) is 3.43. The predicted octanol–water partition coefficient (Wildman–Crippen LogP) is 4.19. The number of carboxylic acids is 1. The van der Waals surface area contributed by atoms with Gasteiger partial charge in [0.05, 0.1) is 12.1 Å². The van der Waals surface area contributed by atoms with E-state index in [2.05, 4.69) is 24.5 Å². The Balaban J connectivity index is 1.59. The number of aliphatic carboxylic acids is 1. The molecule has 0 atom stereocenters. The monoisotopic (exact) mass is 353 g/mol. The predicted molar refractivity (Wildman–Crippen MR) is 101 cm³/mol. The van der Waals surface area contributed by atoms with Crippen LogP contribution in [0.4, 0.5) is 0 Å². The largest absolute Gasteiger partial charge is 0.494 e. The van der Waals surface area contributed by atoms with Gasteiger partial charge in [-0.05, 0) is 67.1 Å². The molecule has 0 aliphatic heterocycles. The second kappa shape index (κ2) is 7.95. The molecule has 0 saturated heterocycles. The van der Waals surface area contributed by atoms with Crippen molar-refractivity contribution in [1.29, 1.82) is 0 Å². The van der Waals surface area contributed by atoms with E-state index in [1.54, 1.807) is 6.07 Å². The lowest BCUT2D eigenvalue weighted by atomic mass is 10.1. The average Bonchev–Trinajstić information content (AvgIpc) is 2.98. The molecular weight excluding hydrogens is 330 g/mol. The number of carboxylic acid groups (broad SMARTS) is 1. The molecule has 0 unspecified atom stereocenters. The highest BCUT2D eigenvalue weighted by molar-refractivity contribution is 5.81. The standard InChI is InChI=1S/C21H23NO4/c1-15-10-16(2)12-19(11-15)25-9-3-7-22-8-6-17-4-5-18(13-20(17)22)26-14-21(23)24/h4-6,8,10-13H,3,7,9,14H2,1-2H3,(H,23,24). The van der Waals surface area contributed by atoms with Gasteiger partial charge in [0.15, 0.2) is 6.61 Å². The van der Waals surface area contributed by atoms with E-state index in [-0.39, 0.29) is 6.61 Å². The summed E-state index contributed by atoms with van der Waals surface area (Å²) in [5.74, 6) is 0.486. The molecule has 0 aliphatic carbocycles. The van der Waals surface area contributed by atoms with E-state index in [0.717, 1.165) is 29.6 Å². The van der Waals surface area contributed by atoms with Crippen LogP contribution >= 0.6 is 0 Å². The van der Waals surface area contributed by atoms with Crippen LogP contribution in [0.5, 0.6) is 11.5 Å². The molecule has 1 N–H and O–H groups in total. The molecule has 5 nitrogen and oxygen atoms in total. The van der Waals surface area contributed by atoms with Crippen LogP contribution < -0.4 is 9.47 Å². The lowest BCUT2D eigenvalue weighted by Gasteiger charge is -2.10. The topological polar surface area (TPSA) is 60.7 Å². The summed E-state index contributed by atoms with van der Waals surface area (Å²) in [6, 6.07) is 13.9. The molecule has 5 heteroatoms. The molecule has 2 aromatic carbocycles. The SMILES string of the molecule is Cc1cc(C)cc(OCCCn2ccc3ccc(OCC(=O)O)cc32)c1. The van der Waals surface area contributed by atoms with Gasteiger partial charge in [-0.1, -0.05) is 6.07 Å². The number of benzene rings is 2. The number of rotatable bonds is 8. The Bertz CT molecular complexity index is 893. The van der Waals surface area contributed by atoms with Crippen molar-refractivity contribution < 1.29 is 19.4 Å². The molecule has 3 rings (SSSR count). The Kier molecular flexibility index (Phi) is 5.46. The molecular formula is C21H23NO4. The number of ether oxygens (including phenoxy) is 2. The summed E-state index contributed by atoms with van der Waals surface area (Å²) < 4.78 is 13.3. The van der Waals surface area contributed by atoms with E-state index in [9.17, 15) is 4.79 Å². The van der Waals surface area contributed by atoms with Gasteiger partial charge < -0.3 is 19.1 Å². The molecule has 0 saturated carbocycles. The average molecular weight is 353 g/mol. The number of hydrogen-bond donors (Lipinski definition) is 1. The summed E-state index contributed by atoms with van der Waals surface area (Å²) in [4.78, 5) is 10.6. The second-order valence-corrected chi connectivity index (χ2v) is 6.44. The van der Waals surface area contributed by atoms with Crippen LogP contribution in [-0.4, -0.2) is 28.9 Å². The summed E-state index contributed by atoms with van der Waals surface area (Å²) in [5, 5.41) is 9.83. The molecule has 1 heterocycles. The highest BCUT2D eigenvalue weighted by Gasteiger charge is 2.05. The maximum atomic E-state index is 10.6. The van der Waals surface area contributed by atoms with Gasteiger partial charge in [-0.3, -0.25) is 0 Å². The van der Waals surface area contributed by atoms with Crippen molar-refractivity contribution >= 4 is 16.9 Å². The molecule has 136 valence electrons. The fourth-order valence-electron chi connectivity index (χ4n) is 3.03. The number of aromatic nitrogens is 1. The van der Waals surface area contributed by atoms with E-state index in [0.29, 0.717) is 12.4 Å². The maximum absolute atomic E-state index is 10.6. The van der Waals surface area contributed by atoms with Crippen LogP contribution in [0, 0.1) is 13.8 Å². The van der Waals surface area contributed by atoms with Crippen molar-refractivity contribution in [2.75, 3.05) is 13.2 Å². The zero-order chi connectivity index (χ0) is 18.5. The van der Waals surface area contributed by atoms with Crippen LogP contribution in [0.15, 0.2) is 48.7 Å². The Morgan fingerprint density at radius 3 is 2.50 bits per heavy atom. The first kappa shape index (κ1) is 17.9. The van der Waals surface area contributed by atoms with Crippen molar-refractivity contribution in [1.82, 2.24) is 4.57 Å². The van der Waals surface area contributed by atoms with Gasteiger partial charge in [0.25, 0.3) is 0 Å². The molecule has 0 radical (unpaired) electrons. The van der Waals surface area contributed by atoms with E-state index in [1.165, 1.54) is 11.1 Å². The van der Waals surface area contributed by atoms with Crippen LogP contribution in [-0.2, 0) is 11.3 Å². The fraction of sp³-hybridized carbons (Fsp3) is 0.286. The molecule has 26 heavy (non-hydrogen) atoms. The second-order valence-electron chi connectivity index (χ2n) is 6.44. The summed E-state index contributed by atoms with van der Waals surface area (Å²) in [7, 11) is 0. The Morgan fingerprint density at radius 1 is 1.00 bits per heavy atom. The zero-order valence-corrected chi connectivity index (χ0v) is 15.1. The number of carbonyl (C=O) groups is 1. The van der Waals surface area contributed by atoms with Crippen LogP contribution in [0.3, 0.4) is 0 Å². The van der Waals surface area contributed by atoms with Crippen molar-refractivity contribution in [3.8, 4) is 11.5 Å². The molecule has 1 aromatic heterocycles. The first-order valence-corrected chi connectivity index (χ1v) is 8.66. The minimum atomic E-state index is -0.982. The van der Waals surface area contributed by atoms with Gasteiger partial charge in [-0.25, -0.2) is 4.79 Å². The van der Waals surface area contributed by atoms with Gasteiger partial charge in [-0.2, -0.15) is 0 Å². The van der Waals surface area contributed by atoms with E-state index >= 15 is 0 Å². The Morgan fingerprint density at radius 2 is 1.77 bits per heavy atom. The smallest absolute Gasteiger partial charge is 0.341 e. The van der Waals surface area contributed by atoms with E-state index in [1.807, 2.05) is 36.5 Å². The van der Waals surface area contributed by atoms with Crippen molar-refractivity contribution in [3.05, 3.63) is 59.8 Å². The molecule has 3 aromatic rings. The van der Waals surface area contributed by atoms with Crippen molar-refractivity contribution in [2.24, 2.45) is 0 Å². The van der Waals surface area contributed by atoms with E-state index in [4.69, 9.17) is 14.6 Å². The number of nitrogens with zero attached hydrogens (tertiary/aromatic N) is 1. The lowest BCUT2D eigenvalue weighted by Crippen LogP contribution is -2.09. The number of fused-ring (bicyclic) bond motifs is 1. The third-order valence-corrected chi connectivity index (χ3v) is 4.11. The van der Waals surface area contributed by atoms with Gasteiger partial charge in [0.2, 0.25) is 0 Å². The minimum Gasteiger partial charge on any atom is -0.494 e. The minimum absolute atomic E-state index is 0.337. The first-order valence-electron chi connectivity index (χ1n) is 8.66. The number of hydrogen-bond acceptors (Lipinski definition) is 3.